The molecule has 106 valence electrons. The number of aliphatic hydroxyl groups excluding tert-OH is 1. The van der Waals surface area contributed by atoms with E-state index in [1.54, 1.807) is 0 Å². The molecule has 1 saturated carbocycles. The second kappa shape index (κ2) is 5.72. The SMILES string of the molecule is CCOC1C(O)CC1Oc1ccc2ccccc2c1Br. The van der Waals surface area contributed by atoms with E-state index in [1.165, 1.54) is 5.39 Å². The molecule has 3 nitrogen and oxygen atoms in total. The van der Waals surface area contributed by atoms with Crippen LogP contribution in [0.15, 0.2) is 40.9 Å². The van der Waals surface area contributed by atoms with Gasteiger partial charge in [0.2, 0.25) is 0 Å². The third kappa shape index (κ3) is 2.43. The van der Waals surface area contributed by atoms with Crippen LogP contribution in [-0.2, 0) is 4.74 Å². The van der Waals surface area contributed by atoms with Gasteiger partial charge in [-0.05, 0) is 39.7 Å². The second-order valence-corrected chi connectivity index (χ2v) is 5.77. The van der Waals surface area contributed by atoms with Gasteiger partial charge in [0, 0.05) is 13.0 Å². The molecule has 0 aromatic heterocycles. The van der Waals surface area contributed by atoms with Crippen molar-refractivity contribution in [2.24, 2.45) is 0 Å². The average molecular weight is 337 g/mol. The van der Waals surface area contributed by atoms with Crippen molar-refractivity contribution in [2.45, 2.75) is 31.7 Å². The van der Waals surface area contributed by atoms with Crippen LogP contribution in [0.1, 0.15) is 13.3 Å². The lowest BCUT2D eigenvalue weighted by Crippen LogP contribution is -2.55. The minimum absolute atomic E-state index is 0.0811. The van der Waals surface area contributed by atoms with Crippen molar-refractivity contribution in [1.29, 1.82) is 0 Å². The number of benzene rings is 2. The molecule has 2 aromatic carbocycles. The lowest BCUT2D eigenvalue weighted by atomic mass is 9.88. The first-order valence-electron chi connectivity index (χ1n) is 6.84. The number of hydrogen-bond acceptors (Lipinski definition) is 3. The van der Waals surface area contributed by atoms with Gasteiger partial charge in [0.15, 0.2) is 0 Å². The second-order valence-electron chi connectivity index (χ2n) is 4.98. The van der Waals surface area contributed by atoms with E-state index in [1.807, 2.05) is 31.2 Å². The molecule has 0 saturated heterocycles. The first kappa shape index (κ1) is 13.9. The standard InChI is InChI=1S/C16H17BrO3/c1-2-19-16-12(18)9-14(16)20-13-8-7-10-5-3-4-6-11(10)15(13)17/h3-8,12,14,16,18H,2,9H2,1H3. The van der Waals surface area contributed by atoms with E-state index in [0.717, 1.165) is 15.6 Å². The van der Waals surface area contributed by atoms with Crippen molar-refractivity contribution in [2.75, 3.05) is 6.61 Å². The van der Waals surface area contributed by atoms with Gasteiger partial charge in [-0.25, -0.2) is 0 Å². The van der Waals surface area contributed by atoms with Crippen molar-refractivity contribution >= 4 is 26.7 Å². The van der Waals surface area contributed by atoms with Crippen LogP contribution in [0.25, 0.3) is 10.8 Å². The third-order valence-electron chi connectivity index (χ3n) is 3.68. The van der Waals surface area contributed by atoms with Crippen molar-refractivity contribution in [1.82, 2.24) is 0 Å². The quantitative estimate of drug-likeness (QED) is 0.928. The summed E-state index contributed by atoms with van der Waals surface area (Å²) in [7, 11) is 0. The largest absolute Gasteiger partial charge is 0.486 e. The highest BCUT2D eigenvalue weighted by Gasteiger charge is 2.42. The molecule has 1 N–H and O–H groups in total. The molecule has 0 radical (unpaired) electrons. The molecule has 2 aromatic rings. The molecular weight excluding hydrogens is 320 g/mol. The zero-order valence-corrected chi connectivity index (χ0v) is 12.8. The monoisotopic (exact) mass is 336 g/mol. The Labute approximate surface area is 126 Å². The Bertz CT molecular complexity index is 614. The number of aliphatic hydroxyl groups is 1. The molecule has 1 aliphatic rings. The molecule has 0 bridgehead atoms. The van der Waals surface area contributed by atoms with E-state index < -0.39 is 6.10 Å². The molecule has 3 rings (SSSR count). The molecule has 0 spiro atoms. The van der Waals surface area contributed by atoms with Gasteiger partial charge in [0.1, 0.15) is 18.0 Å². The predicted octanol–water partition coefficient (Wildman–Crippen LogP) is 3.52. The minimum Gasteiger partial charge on any atom is -0.486 e. The number of halogens is 1. The van der Waals surface area contributed by atoms with Gasteiger partial charge in [-0.2, -0.15) is 0 Å². The zero-order valence-electron chi connectivity index (χ0n) is 11.3. The van der Waals surface area contributed by atoms with Crippen molar-refractivity contribution in [3.63, 3.8) is 0 Å². The maximum absolute atomic E-state index is 9.71. The smallest absolute Gasteiger partial charge is 0.134 e. The van der Waals surface area contributed by atoms with Gasteiger partial charge in [-0.1, -0.05) is 30.3 Å². The summed E-state index contributed by atoms with van der Waals surface area (Å²) < 4.78 is 12.5. The maximum atomic E-state index is 9.71. The van der Waals surface area contributed by atoms with Gasteiger partial charge >= 0.3 is 0 Å². The molecule has 20 heavy (non-hydrogen) atoms. The Kier molecular flexibility index (Phi) is 3.96. The summed E-state index contributed by atoms with van der Waals surface area (Å²) >= 11 is 3.61. The van der Waals surface area contributed by atoms with Crippen LogP contribution in [0, 0.1) is 0 Å². The summed E-state index contributed by atoms with van der Waals surface area (Å²) in [6, 6.07) is 12.2. The molecule has 1 aliphatic carbocycles. The van der Waals surface area contributed by atoms with Crippen LogP contribution in [0.3, 0.4) is 0 Å². The topological polar surface area (TPSA) is 38.7 Å². The van der Waals surface area contributed by atoms with Gasteiger partial charge in [0.05, 0.1) is 10.6 Å². The summed E-state index contributed by atoms with van der Waals surface area (Å²) in [6.07, 6.45) is -0.107. The molecule has 0 heterocycles. The van der Waals surface area contributed by atoms with E-state index in [-0.39, 0.29) is 12.2 Å². The van der Waals surface area contributed by atoms with Crippen LogP contribution in [-0.4, -0.2) is 30.0 Å². The van der Waals surface area contributed by atoms with Gasteiger partial charge in [-0.15, -0.1) is 0 Å². The molecule has 4 heteroatoms. The Morgan fingerprint density at radius 2 is 2.05 bits per heavy atom. The molecule has 3 unspecified atom stereocenters. The lowest BCUT2D eigenvalue weighted by Gasteiger charge is -2.40. The fourth-order valence-corrected chi connectivity index (χ4v) is 3.14. The summed E-state index contributed by atoms with van der Waals surface area (Å²) in [5, 5.41) is 12.0. The summed E-state index contributed by atoms with van der Waals surface area (Å²) in [6.45, 7) is 2.51. The molecular formula is C16H17BrO3. The number of rotatable bonds is 4. The average Bonchev–Trinajstić information content (AvgIpc) is 2.47. The van der Waals surface area contributed by atoms with Gasteiger partial charge in [-0.3, -0.25) is 0 Å². The Hall–Kier alpha value is -1.10. The molecule has 0 amide bonds. The van der Waals surface area contributed by atoms with Crippen LogP contribution in [0.2, 0.25) is 0 Å². The van der Waals surface area contributed by atoms with E-state index in [2.05, 4.69) is 28.1 Å². The molecule has 3 atom stereocenters. The summed E-state index contributed by atoms with van der Waals surface area (Å²) in [5.74, 6) is 0.797. The third-order valence-corrected chi connectivity index (χ3v) is 4.50. The Morgan fingerprint density at radius 3 is 2.80 bits per heavy atom. The van der Waals surface area contributed by atoms with Crippen LogP contribution in [0.5, 0.6) is 5.75 Å². The van der Waals surface area contributed by atoms with Crippen molar-refractivity contribution < 1.29 is 14.6 Å². The van der Waals surface area contributed by atoms with E-state index in [0.29, 0.717) is 13.0 Å². The lowest BCUT2D eigenvalue weighted by molar-refractivity contribution is -0.160. The predicted molar refractivity (Wildman–Crippen MR) is 82.1 cm³/mol. The molecule has 1 fully saturated rings. The van der Waals surface area contributed by atoms with Crippen molar-refractivity contribution in [3.8, 4) is 5.75 Å². The first-order chi connectivity index (χ1) is 9.70. The number of fused-ring (bicyclic) bond motifs is 1. The summed E-state index contributed by atoms with van der Waals surface area (Å²) in [4.78, 5) is 0. The number of hydrogen-bond donors (Lipinski definition) is 1. The zero-order chi connectivity index (χ0) is 14.1. The highest BCUT2D eigenvalue weighted by atomic mass is 79.9. The number of ether oxygens (including phenoxy) is 2. The normalized spacial score (nSPS) is 25.4. The summed E-state index contributed by atoms with van der Waals surface area (Å²) in [5.41, 5.74) is 0. The van der Waals surface area contributed by atoms with Crippen LogP contribution < -0.4 is 4.74 Å². The fourth-order valence-electron chi connectivity index (χ4n) is 2.55. The minimum atomic E-state index is -0.417. The highest BCUT2D eigenvalue weighted by Crippen LogP contribution is 2.36. The maximum Gasteiger partial charge on any atom is 0.134 e. The van der Waals surface area contributed by atoms with Gasteiger partial charge in [0.25, 0.3) is 0 Å². The Morgan fingerprint density at radius 1 is 1.25 bits per heavy atom. The fraction of sp³-hybridized carbons (Fsp3) is 0.375. The first-order valence-corrected chi connectivity index (χ1v) is 7.63. The highest BCUT2D eigenvalue weighted by molar-refractivity contribution is 9.10. The van der Waals surface area contributed by atoms with E-state index in [4.69, 9.17) is 9.47 Å². The van der Waals surface area contributed by atoms with E-state index >= 15 is 0 Å². The van der Waals surface area contributed by atoms with Crippen LogP contribution in [0.4, 0.5) is 0 Å². The van der Waals surface area contributed by atoms with Gasteiger partial charge < -0.3 is 14.6 Å². The van der Waals surface area contributed by atoms with E-state index in [9.17, 15) is 5.11 Å². The van der Waals surface area contributed by atoms with Crippen molar-refractivity contribution in [3.05, 3.63) is 40.9 Å². The Balaban J connectivity index is 1.83. The van der Waals surface area contributed by atoms with Crippen LogP contribution >= 0.6 is 15.9 Å². The molecule has 0 aliphatic heterocycles.